The monoisotopic (exact) mass is 318 g/mol. The first-order valence-electron chi connectivity index (χ1n) is 7.97. The zero-order valence-electron chi connectivity index (χ0n) is 13.2. The van der Waals surface area contributed by atoms with Crippen LogP contribution in [0.15, 0.2) is 6.33 Å². The molecule has 2 aromatic heterocycles. The van der Waals surface area contributed by atoms with Gasteiger partial charge in [-0.05, 0) is 26.7 Å². The lowest BCUT2D eigenvalue weighted by Crippen LogP contribution is -2.53. The van der Waals surface area contributed by atoms with Gasteiger partial charge in [0.25, 0.3) is 0 Å². The molecule has 0 aliphatic carbocycles. The van der Waals surface area contributed by atoms with Crippen LogP contribution in [0.2, 0.25) is 0 Å². The molecule has 4 rings (SSSR count). The maximum atomic E-state index is 5.64. The van der Waals surface area contributed by atoms with E-state index in [1.807, 2.05) is 6.33 Å². The van der Waals surface area contributed by atoms with Crippen LogP contribution < -0.4 is 0 Å². The Hall–Kier alpha value is -1.24. The molecule has 0 bridgehead atoms. The fourth-order valence-electron chi connectivity index (χ4n) is 3.92. The maximum Gasteiger partial charge on any atom is 0.0926 e. The molecule has 1 N–H and O–H groups in total. The van der Waals surface area contributed by atoms with Gasteiger partial charge in [-0.2, -0.15) is 0 Å². The Bertz CT molecular complexity index is 671. The summed E-state index contributed by atoms with van der Waals surface area (Å²) in [5.41, 5.74) is 3.80. The number of ether oxygens (including phenoxy) is 1. The Morgan fingerprint density at radius 3 is 2.91 bits per heavy atom. The third-order valence-corrected chi connectivity index (χ3v) is 5.98. The molecule has 0 radical (unpaired) electrons. The molecule has 5 nitrogen and oxygen atoms in total. The van der Waals surface area contributed by atoms with Gasteiger partial charge >= 0.3 is 0 Å². The number of aryl methyl sites for hydroxylation is 2. The van der Waals surface area contributed by atoms with E-state index in [1.54, 1.807) is 11.3 Å². The van der Waals surface area contributed by atoms with E-state index in [2.05, 4.69) is 28.7 Å². The highest BCUT2D eigenvalue weighted by Crippen LogP contribution is 2.42. The first kappa shape index (κ1) is 14.4. The maximum absolute atomic E-state index is 5.64. The molecular weight excluding hydrogens is 296 g/mol. The van der Waals surface area contributed by atoms with E-state index in [1.165, 1.54) is 22.0 Å². The largest absolute Gasteiger partial charge is 0.381 e. The molecule has 0 amide bonds. The number of hydrogen-bond donors (Lipinski definition) is 1. The second-order valence-corrected chi connectivity index (χ2v) is 7.69. The van der Waals surface area contributed by atoms with Gasteiger partial charge in [-0.25, -0.2) is 9.97 Å². The number of aromatic amines is 1. The minimum Gasteiger partial charge on any atom is -0.381 e. The van der Waals surface area contributed by atoms with Gasteiger partial charge in [0.15, 0.2) is 0 Å². The van der Waals surface area contributed by atoms with Crippen LogP contribution in [0.4, 0.5) is 0 Å². The fraction of sp³-hybridized carbons (Fsp3) is 0.625. The lowest BCUT2D eigenvalue weighted by molar-refractivity contribution is -0.0455. The first-order chi connectivity index (χ1) is 10.7. The third-order valence-electron chi connectivity index (χ3n) is 5.06. The van der Waals surface area contributed by atoms with E-state index in [0.717, 1.165) is 50.6 Å². The van der Waals surface area contributed by atoms with Gasteiger partial charge in [-0.3, -0.25) is 4.90 Å². The van der Waals surface area contributed by atoms with E-state index < -0.39 is 0 Å². The molecule has 2 aromatic rings. The number of hydrogen-bond acceptors (Lipinski definition) is 5. The van der Waals surface area contributed by atoms with Gasteiger partial charge < -0.3 is 9.72 Å². The Balaban J connectivity index is 1.70. The van der Waals surface area contributed by atoms with Crippen LogP contribution in [-0.2, 0) is 23.2 Å². The van der Waals surface area contributed by atoms with Crippen LogP contribution in [0.5, 0.6) is 0 Å². The molecule has 6 heteroatoms. The van der Waals surface area contributed by atoms with E-state index in [-0.39, 0.29) is 5.54 Å². The predicted molar refractivity (Wildman–Crippen MR) is 86.0 cm³/mol. The van der Waals surface area contributed by atoms with Crippen molar-refractivity contribution in [2.24, 2.45) is 0 Å². The number of thiazole rings is 1. The average Bonchev–Trinajstić information content (AvgIpc) is 3.11. The number of rotatable bonds is 2. The zero-order valence-corrected chi connectivity index (χ0v) is 14.0. The highest BCUT2D eigenvalue weighted by Gasteiger charge is 2.45. The number of nitrogens with one attached hydrogen (secondary N) is 1. The minimum absolute atomic E-state index is 0.0236. The lowest BCUT2D eigenvalue weighted by atomic mass is 9.80. The van der Waals surface area contributed by atoms with Crippen molar-refractivity contribution in [1.82, 2.24) is 19.9 Å². The van der Waals surface area contributed by atoms with Crippen molar-refractivity contribution < 1.29 is 4.74 Å². The fourth-order valence-corrected chi connectivity index (χ4v) is 4.74. The topological polar surface area (TPSA) is 54.0 Å². The van der Waals surface area contributed by atoms with Crippen molar-refractivity contribution in [3.05, 3.63) is 33.3 Å². The molecule has 0 saturated carbocycles. The Kier molecular flexibility index (Phi) is 3.55. The molecule has 4 heterocycles. The standard InChI is InChI=1S/C16H22N4OS/c1-11-14(19-12(2)22-11)9-20-6-3-13-15(18-10-17-13)16(20)4-7-21-8-5-16/h10H,3-9H2,1-2H3,(H,17,18). The summed E-state index contributed by atoms with van der Waals surface area (Å²) >= 11 is 1.80. The second-order valence-electron chi connectivity index (χ2n) is 6.28. The van der Waals surface area contributed by atoms with Crippen LogP contribution in [-0.4, -0.2) is 39.6 Å². The number of H-pyrrole nitrogens is 1. The molecule has 0 unspecified atom stereocenters. The number of fused-ring (bicyclic) bond motifs is 2. The number of nitrogens with zero attached hydrogens (tertiary/aromatic N) is 3. The second kappa shape index (κ2) is 5.44. The number of imidazole rings is 1. The van der Waals surface area contributed by atoms with Gasteiger partial charge in [0.05, 0.1) is 28.3 Å². The van der Waals surface area contributed by atoms with Crippen molar-refractivity contribution >= 4 is 11.3 Å². The molecule has 118 valence electrons. The van der Waals surface area contributed by atoms with E-state index in [0.29, 0.717) is 0 Å². The molecule has 0 atom stereocenters. The Morgan fingerprint density at radius 1 is 1.36 bits per heavy atom. The average molecular weight is 318 g/mol. The summed E-state index contributed by atoms with van der Waals surface area (Å²) in [4.78, 5) is 16.7. The van der Waals surface area contributed by atoms with Crippen molar-refractivity contribution in [1.29, 1.82) is 0 Å². The zero-order chi connectivity index (χ0) is 15.2. The summed E-state index contributed by atoms with van der Waals surface area (Å²) in [6.45, 7) is 7.89. The smallest absolute Gasteiger partial charge is 0.0926 e. The third kappa shape index (κ3) is 2.21. The predicted octanol–water partition coefficient (Wildman–Crippen LogP) is 2.55. The van der Waals surface area contributed by atoms with Crippen molar-refractivity contribution in [2.45, 2.75) is 45.2 Å². The Labute approximate surface area is 134 Å². The molecule has 1 spiro atoms. The molecule has 1 fully saturated rings. The van der Waals surface area contributed by atoms with Crippen LogP contribution in [0.25, 0.3) is 0 Å². The van der Waals surface area contributed by atoms with Gasteiger partial charge in [0.2, 0.25) is 0 Å². The summed E-state index contributed by atoms with van der Waals surface area (Å²) in [5, 5.41) is 1.16. The summed E-state index contributed by atoms with van der Waals surface area (Å²) in [7, 11) is 0. The summed E-state index contributed by atoms with van der Waals surface area (Å²) in [6, 6.07) is 0. The van der Waals surface area contributed by atoms with Crippen LogP contribution in [0, 0.1) is 13.8 Å². The van der Waals surface area contributed by atoms with E-state index >= 15 is 0 Å². The minimum atomic E-state index is 0.0236. The first-order valence-corrected chi connectivity index (χ1v) is 8.79. The summed E-state index contributed by atoms with van der Waals surface area (Å²) < 4.78 is 5.64. The molecular formula is C16H22N4OS. The molecule has 0 aromatic carbocycles. The highest BCUT2D eigenvalue weighted by atomic mass is 32.1. The van der Waals surface area contributed by atoms with Gasteiger partial charge in [-0.15, -0.1) is 11.3 Å². The van der Waals surface area contributed by atoms with Crippen LogP contribution in [0.3, 0.4) is 0 Å². The highest BCUT2D eigenvalue weighted by molar-refractivity contribution is 7.11. The quantitative estimate of drug-likeness (QED) is 0.924. The van der Waals surface area contributed by atoms with Gasteiger partial charge in [-0.1, -0.05) is 0 Å². The van der Waals surface area contributed by atoms with Gasteiger partial charge in [0.1, 0.15) is 0 Å². The SMILES string of the molecule is Cc1nc(CN2CCc3[nH]cnc3C23CCOCC3)c(C)s1. The normalized spacial score (nSPS) is 21.2. The van der Waals surface area contributed by atoms with Crippen molar-refractivity contribution in [2.75, 3.05) is 19.8 Å². The van der Waals surface area contributed by atoms with E-state index in [4.69, 9.17) is 9.72 Å². The van der Waals surface area contributed by atoms with Crippen molar-refractivity contribution in [3.8, 4) is 0 Å². The number of aromatic nitrogens is 3. The van der Waals surface area contributed by atoms with Crippen LogP contribution in [0.1, 0.15) is 39.8 Å². The summed E-state index contributed by atoms with van der Waals surface area (Å²) in [5.74, 6) is 0. The molecule has 2 aliphatic heterocycles. The molecule has 1 saturated heterocycles. The van der Waals surface area contributed by atoms with Crippen molar-refractivity contribution in [3.63, 3.8) is 0 Å². The van der Waals surface area contributed by atoms with Gasteiger partial charge in [0, 0.05) is 43.3 Å². The molecule has 2 aliphatic rings. The Morgan fingerprint density at radius 2 is 2.18 bits per heavy atom. The lowest BCUT2D eigenvalue weighted by Gasteiger charge is -2.48. The van der Waals surface area contributed by atoms with Crippen LogP contribution >= 0.6 is 11.3 Å². The summed E-state index contributed by atoms with van der Waals surface area (Å²) in [6.07, 6.45) is 4.93. The van der Waals surface area contributed by atoms with E-state index in [9.17, 15) is 0 Å². The molecule has 22 heavy (non-hydrogen) atoms.